The third kappa shape index (κ3) is 4.31. The number of sulfonamides is 1. The van der Waals surface area contributed by atoms with Crippen LogP contribution < -0.4 is 10.0 Å². The van der Waals surface area contributed by atoms with E-state index in [0.717, 1.165) is 10.0 Å². The van der Waals surface area contributed by atoms with Crippen LogP contribution in [0.4, 0.5) is 5.69 Å². The molecule has 1 aliphatic heterocycles. The molecule has 0 spiro atoms. The Morgan fingerprint density at radius 1 is 1.15 bits per heavy atom. The molecule has 2 aromatic carbocycles. The van der Waals surface area contributed by atoms with Crippen molar-refractivity contribution < 1.29 is 18.0 Å². The first-order valence-corrected chi connectivity index (χ1v) is 10.3. The van der Waals surface area contributed by atoms with Gasteiger partial charge in [0.25, 0.3) is 10.0 Å². The van der Waals surface area contributed by atoms with E-state index in [9.17, 15) is 18.0 Å². The van der Waals surface area contributed by atoms with Crippen LogP contribution in [0.5, 0.6) is 0 Å². The summed E-state index contributed by atoms with van der Waals surface area (Å²) in [6.45, 7) is 0. The first kappa shape index (κ1) is 18.6. The molecule has 2 amide bonds. The number of rotatable bonds is 4. The molecule has 8 heteroatoms. The number of carbonyl (C=O) groups is 2. The molecule has 0 fully saturated rings. The van der Waals surface area contributed by atoms with Crippen molar-refractivity contribution in [2.75, 3.05) is 5.32 Å². The van der Waals surface area contributed by atoms with E-state index < -0.39 is 15.9 Å². The number of anilines is 1. The Kier molecular flexibility index (Phi) is 5.43. The summed E-state index contributed by atoms with van der Waals surface area (Å²) in [4.78, 5) is 23.8. The topological polar surface area (TPSA) is 92.3 Å². The lowest BCUT2D eigenvalue weighted by Gasteiger charge is -2.11. The second kappa shape index (κ2) is 7.59. The molecule has 6 nitrogen and oxygen atoms in total. The van der Waals surface area contributed by atoms with Gasteiger partial charge in [0.05, 0.1) is 11.3 Å². The molecule has 0 aliphatic carbocycles. The largest absolute Gasteiger partial charge is 0.326 e. The molecule has 136 valence electrons. The molecule has 1 heterocycles. The van der Waals surface area contributed by atoms with Gasteiger partial charge >= 0.3 is 0 Å². The van der Waals surface area contributed by atoms with E-state index in [1.807, 2.05) is 6.07 Å². The normalized spacial score (nSPS) is 14.1. The third-order valence-corrected chi connectivity index (χ3v) is 6.21. The summed E-state index contributed by atoms with van der Waals surface area (Å²) in [5, 5.41) is 2.75. The van der Waals surface area contributed by atoms with Gasteiger partial charge < -0.3 is 5.32 Å². The average molecular weight is 437 g/mol. The molecule has 1 aliphatic rings. The van der Waals surface area contributed by atoms with Crippen molar-refractivity contribution in [2.24, 2.45) is 0 Å². The van der Waals surface area contributed by atoms with E-state index >= 15 is 0 Å². The predicted molar refractivity (Wildman–Crippen MR) is 101 cm³/mol. The Labute approximate surface area is 160 Å². The van der Waals surface area contributed by atoms with Gasteiger partial charge in [-0.3, -0.25) is 9.59 Å². The SMILES string of the molecule is O=C1CCCc2cc(S(=O)(=O)NC(=O)Cc3ccccc3Br)ccc2N1. The number of aryl methyl sites for hydroxylation is 1. The van der Waals surface area contributed by atoms with E-state index in [1.54, 1.807) is 24.3 Å². The van der Waals surface area contributed by atoms with Crippen molar-refractivity contribution in [3.05, 3.63) is 58.1 Å². The molecule has 0 aromatic heterocycles. The number of fused-ring (bicyclic) bond motifs is 1. The molecule has 0 radical (unpaired) electrons. The molecule has 0 bridgehead atoms. The maximum Gasteiger partial charge on any atom is 0.264 e. The summed E-state index contributed by atoms with van der Waals surface area (Å²) in [5.74, 6) is -0.693. The molecular formula is C18H17BrN2O4S. The molecule has 0 saturated carbocycles. The number of carbonyl (C=O) groups excluding carboxylic acids is 2. The number of hydrogen-bond acceptors (Lipinski definition) is 4. The summed E-state index contributed by atoms with van der Waals surface area (Å²) >= 11 is 3.34. The van der Waals surface area contributed by atoms with E-state index in [0.29, 0.717) is 30.5 Å². The minimum absolute atomic E-state index is 0.00729. The maximum absolute atomic E-state index is 12.5. The lowest BCUT2D eigenvalue weighted by molar-refractivity contribution is -0.119. The van der Waals surface area contributed by atoms with Crippen LogP contribution in [0.2, 0.25) is 0 Å². The van der Waals surface area contributed by atoms with Crippen LogP contribution in [-0.4, -0.2) is 20.2 Å². The predicted octanol–water partition coefficient (Wildman–Crippen LogP) is 2.77. The molecular weight excluding hydrogens is 420 g/mol. The highest BCUT2D eigenvalue weighted by Crippen LogP contribution is 2.25. The van der Waals surface area contributed by atoms with Gasteiger partial charge in [0.15, 0.2) is 0 Å². The molecule has 0 atom stereocenters. The maximum atomic E-state index is 12.5. The van der Waals surface area contributed by atoms with Crippen molar-refractivity contribution >= 4 is 43.5 Å². The Hall–Kier alpha value is -2.19. The van der Waals surface area contributed by atoms with Crippen LogP contribution in [0, 0.1) is 0 Å². The number of hydrogen-bond donors (Lipinski definition) is 2. The molecule has 0 unspecified atom stereocenters. The summed E-state index contributed by atoms with van der Waals surface area (Å²) in [6, 6.07) is 11.6. The average Bonchev–Trinajstić information content (AvgIpc) is 2.76. The summed E-state index contributed by atoms with van der Waals surface area (Å²) in [5.41, 5.74) is 2.06. The lowest BCUT2D eigenvalue weighted by atomic mass is 10.1. The van der Waals surface area contributed by atoms with Gasteiger partial charge in [0.1, 0.15) is 0 Å². The molecule has 2 aromatic rings. The van der Waals surface area contributed by atoms with E-state index in [1.165, 1.54) is 12.1 Å². The van der Waals surface area contributed by atoms with Gasteiger partial charge in [-0.1, -0.05) is 34.1 Å². The van der Waals surface area contributed by atoms with E-state index in [4.69, 9.17) is 0 Å². The standard InChI is InChI=1S/C18H17BrN2O4S/c19-15-6-2-1-4-12(15)11-18(23)21-26(24,25)14-8-9-16-13(10-14)5-3-7-17(22)20-16/h1-2,4,6,8-10H,3,5,7,11H2,(H,20,22)(H,21,23). The van der Waals surface area contributed by atoms with Crippen molar-refractivity contribution in [2.45, 2.75) is 30.6 Å². The summed E-state index contributed by atoms with van der Waals surface area (Å²) in [6.07, 6.45) is 1.60. The molecule has 2 N–H and O–H groups in total. The monoisotopic (exact) mass is 436 g/mol. The second-order valence-electron chi connectivity index (χ2n) is 6.02. The number of nitrogens with one attached hydrogen (secondary N) is 2. The zero-order chi connectivity index (χ0) is 18.7. The van der Waals surface area contributed by atoms with Crippen LogP contribution in [0.25, 0.3) is 0 Å². The van der Waals surface area contributed by atoms with E-state index in [-0.39, 0.29) is 17.2 Å². The fourth-order valence-electron chi connectivity index (χ4n) is 2.78. The Morgan fingerprint density at radius 3 is 2.69 bits per heavy atom. The highest BCUT2D eigenvalue weighted by Gasteiger charge is 2.21. The molecule has 0 saturated heterocycles. The summed E-state index contributed by atoms with van der Waals surface area (Å²) in [7, 11) is -3.98. The van der Waals surface area contributed by atoms with Crippen LogP contribution in [0.1, 0.15) is 24.0 Å². The van der Waals surface area contributed by atoms with Crippen molar-refractivity contribution in [3.63, 3.8) is 0 Å². The first-order valence-electron chi connectivity index (χ1n) is 8.07. The number of amides is 2. The fraction of sp³-hybridized carbons (Fsp3) is 0.222. The van der Waals surface area contributed by atoms with Gasteiger partial charge in [-0.15, -0.1) is 0 Å². The zero-order valence-electron chi connectivity index (χ0n) is 13.8. The highest BCUT2D eigenvalue weighted by atomic mass is 79.9. The van der Waals surface area contributed by atoms with Crippen LogP contribution in [0.3, 0.4) is 0 Å². The zero-order valence-corrected chi connectivity index (χ0v) is 16.2. The van der Waals surface area contributed by atoms with Gasteiger partial charge in [-0.25, -0.2) is 13.1 Å². The lowest BCUT2D eigenvalue weighted by Crippen LogP contribution is -2.32. The fourth-order valence-corrected chi connectivity index (χ4v) is 4.24. The van der Waals surface area contributed by atoms with Gasteiger partial charge in [0.2, 0.25) is 11.8 Å². The van der Waals surface area contributed by atoms with Crippen LogP contribution in [-0.2, 0) is 32.5 Å². The highest BCUT2D eigenvalue weighted by molar-refractivity contribution is 9.10. The van der Waals surface area contributed by atoms with Crippen molar-refractivity contribution in [1.82, 2.24) is 4.72 Å². The van der Waals surface area contributed by atoms with E-state index in [2.05, 4.69) is 26.0 Å². The summed E-state index contributed by atoms with van der Waals surface area (Å²) < 4.78 is 27.9. The second-order valence-corrected chi connectivity index (χ2v) is 8.55. The molecule has 3 rings (SSSR count). The van der Waals surface area contributed by atoms with Gasteiger partial charge in [0, 0.05) is 16.6 Å². The minimum atomic E-state index is -3.98. The number of halogens is 1. The minimum Gasteiger partial charge on any atom is -0.326 e. The van der Waals surface area contributed by atoms with Crippen LogP contribution >= 0.6 is 15.9 Å². The quantitative estimate of drug-likeness (QED) is 0.770. The number of benzene rings is 2. The van der Waals surface area contributed by atoms with Crippen molar-refractivity contribution in [1.29, 1.82) is 0 Å². The third-order valence-electron chi connectivity index (χ3n) is 4.07. The Balaban J connectivity index is 1.78. The van der Waals surface area contributed by atoms with Gasteiger partial charge in [-0.05, 0) is 48.2 Å². The molecule has 26 heavy (non-hydrogen) atoms. The first-order chi connectivity index (χ1) is 12.3. The smallest absolute Gasteiger partial charge is 0.264 e. The Morgan fingerprint density at radius 2 is 1.92 bits per heavy atom. The van der Waals surface area contributed by atoms with Crippen molar-refractivity contribution in [3.8, 4) is 0 Å². The Bertz CT molecular complexity index is 973. The van der Waals surface area contributed by atoms with Gasteiger partial charge in [-0.2, -0.15) is 0 Å². The van der Waals surface area contributed by atoms with Crippen LogP contribution in [0.15, 0.2) is 51.8 Å².